The second kappa shape index (κ2) is 8.55. The number of carbonyl (C=O) groups is 1. The van der Waals surface area contributed by atoms with Crippen LogP contribution < -0.4 is 10.2 Å². The molecule has 1 amide bonds. The number of fused-ring (bicyclic) bond motifs is 1. The van der Waals surface area contributed by atoms with E-state index in [2.05, 4.69) is 28.4 Å². The van der Waals surface area contributed by atoms with Gasteiger partial charge >= 0.3 is 0 Å². The molecule has 0 saturated carbocycles. The number of halogens is 1. The van der Waals surface area contributed by atoms with Crippen LogP contribution in [0.5, 0.6) is 0 Å². The van der Waals surface area contributed by atoms with E-state index in [0.717, 1.165) is 49.0 Å². The van der Waals surface area contributed by atoms with Crippen LogP contribution in [0.25, 0.3) is 0 Å². The molecule has 0 bridgehead atoms. The number of amides is 1. The first-order valence-corrected chi connectivity index (χ1v) is 10.7. The highest BCUT2D eigenvalue weighted by Crippen LogP contribution is 2.36. The Morgan fingerprint density at radius 1 is 1.26 bits per heavy atom. The van der Waals surface area contributed by atoms with E-state index >= 15 is 0 Å². The van der Waals surface area contributed by atoms with Crippen molar-refractivity contribution >= 4 is 35.0 Å². The summed E-state index contributed by atoms with van der Waals surface area (Å²) in [5, 5.41) is 3.76. The minimum atomic E-state index is -0.0321. The largest absolute Gasteiger partial charge is 0.376 e. The Labute approximate surface area is 169 Å². The van der Waals surface area contributed by atoms with Crippen LogP contribution in [0.4, 0.5) is 5.69 Å². The van der Waals surface area contributed by atoms with Crippen molar-refractivity contribution in [1.82, 2.24) is 5.32 Å². The predicted molar refractivity (Wildman–Crippen MR) is 111 cm³/mol. The molecule has 0 aliphatic carbocycles. The monoisotopic (exact) mass is 402 g/mol. The van der Waals surface area contributed by atoms with Crippen molar-refractivity contribution in [1.29, 1.82) is 0 Å². The zero-order valence-electron chi connectivity index (χ0n) is 15.1. The summed E-state index contributed by atoms with van der Waals surface area (Å²) in [6.07, 6.45) is 2.26. The topological polar surface area (TPSA) is 41.6 Å². The summed E-state index contributed by atoms with van der Waals surface area (Å²) in [6, 6.07) is 14.0. The summed E-state index contributed by atoms with van der Waals surface area (Å²) in [7, 11) is 0. The van der Waals surface area contributed by atoms with Crippen LogP contribution in [0, 0.1) is 0 Å². The third-order valence-electron chi connectivity index (χ3n) is 4.98. The summed E-state index contributed by atoms with van der Waals surface area (Å²) in [6.45, 7) is 3.16. The SMILES string of the molecule is O=C(NC[C@H]1CCCO1)c1ccc2c(c1)N(Cc1ccc(Cl)cc1)CCS2. The number of nitrogens with one attached hydrogen (secondary N) is 1. The number of anilines is 1. The third kappa shape index (κ3) is 4.60. The van der Waals surface area contributed by atoms with Gasteiger partial charge in [0.25, 0.3) is 5.91 Å². The molecule has 0 unspecified atom stereocenters. The lowest BCUT2D eigenvalue weighted by Crippen LogP contribution is -2.32. The van der Waals surface area contributed by atoms with Gasteiger partial charge in [-0.2, -0.15) is 0 Å². The first-order chi connectivity index (χ1) is 13.2. The zero-order valence-corrected chi connectivity index (χ0v) is 16.7. The Kier molecular flexibility index (Phi) is 5.91. The second-order valence-electron chi connectivity index (χ2n) is 6.92. The summed E-state index contributed by atoms with van der Waals surface area (Å²) >= 11 is 7.84. The minimum Gasteiger partial charge on any atom is -0.376 e. The molecule has 27 heavy (non-hydrogen) atoms. The third-order valence-corrected chi connectivity index (χ3v) is 6.28. The average molecular weight is 403 g/mol. The Morgan fingerprint density at radius 2 is 2.11 bits per heavy atom. The first-order valence-electron chi connectivity index (χ1n) is 9.35. The van der Waals surface area contributed by atoms with Crippen molar-refractivity contribution < 1.29 is 9.53 Å². The maximum Gasteiger partial charge on any atom is 0.251 e. The highest BCUT2D eigenvalue weighted by atomic mass is 35.5. The van der Waals surface area contributed by atoms with Crippen molar-refractivity contribution in [2.45, 2.75) is 30.4 Å². The number of thioether (sulfide) groups is 1. The van der Waals surface area contributed by atoms with Crippen molar-refractivity contribution in [3.05, 3.63) is 58.6 Å². The Hall–Kier alpha value is -1.69. The molecular weight excluding hydrogens is 380 g/mol. The Bertz CT molecular complexity index is 806. The van der Waals surface area contributed by atoms with Gasteiger partial charge in [-0.15, -0.1) is 11.8 Å². The summed E-state index contributed by atoms with van der Waals surface area (Å²) < 4.78 is 5.59. The van der Waals surface area contributed by atoms with E-state index in [1.807, 2.05) is 36.0 Å². The fraction of sp³-hybridized carbons (Fsp3) is 0.381. The zero-order chi connectivity index (χ0) is 18.6. The van der Waals surface area contributed by atoms with Gasteiger partial charge in [-0.25, -0.2) is 0 Å². The van der Waals surface area contributed by atoms with Crippen LogP contribution in [0.15, 0.2) is 47.4 Å². The lowest BCUT2D eigenvalue weighted by molar-refractivity contribution is 0.0858. The predicted octanol–water partition coefficient (Wildman–Crippen LogP) is 4.36. The summed E-state index contributed by atoms with van der Waals surface area (Å²) in [5.74, 6) is 1.01. The van der Waals surface area contributed by atoms with Crippen LogP contribution in [0.1, 0.15) is 28.8 Å². The van der Waals surface area contributed by atoms with Gasteiger partial charge in [0.1, 0.15) is 0 Å². The molecule has 1 fully saturated rings. The molecule has 0 radical (unpaired) electrons. The van der Waals surface area contributed by atoms with Crippen LogP contribution in [0.3, 0.4) is 0 Å². The number of ether oxygens (including phenoxy) is 1. The van der Waals surface area contributed by atoms with Crippen molar-refractivity contribution in [2.75, 3.05) is 30.3 Å². The molecule has 2 heterocycles. The maximum atomic E-state index is 12.6. The van der Waals surface area contributed by atoms with E-state index in [0.29, 0.717) is 12.1 Å². The molecule has 2 aromatic rings. The lowest BCUT2D eigenvalue weighted by atomic mass is 10.1. The maximum absolute atomic E-state index is 12.6. The molecule has 4 nitrogen and oxygen atoms in total. The highest BCUT2D eigenvalue weighted by Gasteiger charge is 2.21. The first kappa shape index (κ1) is 18.7. The van der Waals surface area contributed by atoms with Crippen LogP contribution in [-0.2, 0) is 11.3 Å². The van der Waals surface area contributed by atoms with Crippen LogP contribution >= 0.6 is 23.4 Å². The van der Waals surface area contributed by atoms with E-state index in [4.69, 9.17) is 16.3 Å². The molecular formula is C21H23ClN2O2S. The van der Waals surface area contributed by atoms with E-state index in [9.17, 15) is 4.79 Å². The highest BCUT2D eigenvalue weighted by molar-refractivity contribution is 7.99. The van der Waals surface area contributed by atoms with Gasteiger partial charge in [0.15, 0.2) is 0 Å². The van der Waals surface area contributed by atoms with Crippen molar-refractivity contribution in [2.24, 2.45) is 0 Å². The molecule has 6 heteroatoms. The second-order valence-corrected chi connectivity index (χ2v) is 8.50. The summed E-state index contributed by atoms with van der Waals surface area (Å²) in [5.41, 5.74) is 3.05. The van der Waals surface area contributed by atoms with Gasteiger partial charge in [-0.05, 0) is 48.7 Å². The van der Waals surface area contributed by atoms with Gasteiger partial charge < -0.3 is 15.0 Å². The van der Waals surface area contributed by atoms with Gasteiger partial charge in [0.05, 0.1) is 11.8 Å². The fourth-order valence-corrected chi connectivity index (χ4v) is 4.66. The Balaban J connectivity index is 1.48. The lowest BCUT2D eigenvalue weighted by Gasteiger charge is -2.31. The van der Waals surface area contributed by atoms with Gasteiger partial charge in [-0.1, -0.05) is 23.7 Å². The molecule has 0 aromatic heterocycles. The molecule has 4 rings (SSSR count). The van der Waals surface area contributed by atoms with Gasteiger partial charge in [-0.3, -0.25) is 4.79 Å². The molecule has 1 saturated heterocycles. The number of carbonyl (C=O) groups excluding carboxylic acids is 1. The molecule has 0 spiro atoms. The molecule has 1 N–H and O–H groups in total. The number of hydrogen-bond donors (Lipinski definition) is 1. The van der Waals surface area contributed by atoms with Gasteiger partial charge in [0, 0.05) is 47.5 Å². The molecule has 2 aliphatic rings. The Morgan fingerprint density at radius 3 is 2.89 bits per heavy atom. The van der Waals surface area contributed by atoms with Crippen molar-refractivity contribution in [3.63, 3.8) is 0 Å². The number of hydrogen-bond acceptors (Lipinski definition) is 4. The molecule has 142 valence electrons. The van der Waals surface area contributed by atoms with Gasteiger partial charge in [0.2, 0.25) is 0 Å². The van der Waals surface area contributed by atoms with E-state index in [1.54, 1.807) is 0 Å². The smallest absolute Gasteiger partial charge is 0.251 e. The van der Waals surface area contributed by atoms with E-state index in [1.165, 1.54) is 10.5 Å². The summed E-state index contributed by atoms with van der Waals surface area (Å²) in [4.78, 5) is 16.1. The number of rotatable bonds is 5. The number of nitrogens with zero attached hydrogens (tertiary/aromatic N) is 1. The normalized spacial score (nSPS) is 19.0. The average Bonchev–Trinajstić information content (AvgIpc) is 3.21. The fourth-order valence-electron chi connectivity index (χ4n) is 3.50. The number of benzene rings is 2. The minimum absolute atomic E-state index is 0.0321. The standard InChI is InChI=1S/C21H23ClN2O2S/c22-17-6-3-15(4-7-17)14-24-9-11-27-20-8-5-16(12-19(20)24)21(25)23-13-18-2-1-10-26-18/h3-8,12,18H,1-2,9-11,13-14H2,(H,23,25)/t18-/m1/s1. The van der Waals surface area contributed by atoms with Crippen LogP contribution in [0.2, 0.25) is 5.02 Å². The molecule has 2 aromatic carbocycles. The van der Waals surface area contributed by atoms with Crippen LogP contribution in [-0.4, -0.2) is 37.5 Å². The molecule has 1 atom stereocenters. The van der Waals surface area contributed by atoms with E-state index < -0.39 is 0 Å². The molecule has 2 aliphatic heterocycles. The quantitative estimate of drug-likeness (QED) is 0.806. The van der Waals surface area contributed by atoms with E-state index in [-0.39, 0.29) is 12.0 Å². The van der Waals surface area contributed by atoms with Crippen molar-refractivity contribution in [3.8, 4) is 0 Å².